The lowest BCUT2D eigenvalue weighted by atomic mass is 10.1. The molecule has 0 unspecified atom stereocenters. The van der Waals surface area contributed by atoms with Crippen LogP contribution in [0.2, 0.25) is 0 Å². The molecule has 148 valence electrons. The maximum atomic E-state index is 13.1. The van der Waals surface area contributed by atoms with Crippen LogP contribution in [0.3, 0.4) is 0 Å². The highest BCUT2D eigenvalue weighted by Crippen LogP contribution is 2.31. The third-order valence-electron chi connectivity index (χ3n) is 5.52. The molecule has 0 saturated heterocycles. The van der Waals surface area contributed by atoms with Gasteiger partial charge in [0.1, 0.15) is 11.3 Å². The molecule has 4 aromatic rings. The highest BCUT2D eigenvalue weighted by atomic mass is 19.1. The van der Waals surface area contributed by atoms with Crippen LogP contribution in [0.5, 0.6) is 5.88 Å². The van der Waals surface area contributed by atoms with E-state index in [9.17, 15) is 4.39 Å². The molecule has 2 heterocycles. The van der Waals surface area contributed by atoms with Gasteiger partial charge in [-0.1, -0.05) is 42.0 Å². The molecule has 0 radical (unpaired) electrons. The summed E-state index contributed by atoms with van der Waals surface area (Å²) in [7, 11) is 0. The van der Waals surface area contributed by atoms with Crippen molar-refractivity contribution < 1.29 is 9.13 Å². The van der Waals surface area contributed by atoms with Crippen molar-refractivity contribution in [2.45, 2.75) is 33.7 Å². The van der Waals surface area contributed by atoms with Gasteiger partial charge < -0.3 is 9.30 Å². The molecule has 4 heteroatoms. The van der Waals surface area contributed by atoms with Gasteiger partial charge in [0.05, 0.1) is 6.61 Å². The van der Waals surface area contributed by atoms with E-state index in [-0.39, 0.29) is 5.82 Å². The Morgan fingerprint density at radius 2 is 1.59 bits per heavy atom. The van der Waals surface area contributed by atoms with Crippen molar-refractivity contribution >= 4 is 10.9 Å². The molecule has 0 amide bonds. The van der Waals surface area contributed by atoms with Gasteiger partial charge in [-0.05, 0) is 55.7 Å². The van der Waals surface area contributed by atoms with Gasteiger partial charge in [-0.15, -0.1) is 0 Å². The Hall–Kier alpha value is -3.14. The van der Waals surface area contributed by atoms with E-state index >= 15 is 0 Å². The first kappa shape index (κ1) is 19.2. The van der Waals surface area contributed by atoms with Crippen LogP contribution in [0.25, 0.3) is 10.9 Å². The lowest BCUT2D eigenvalue weighted by molar-refractivity contribution is 0.312. The lowest BCUT2D eigenvalue weighted by Gasteiger charge is -2.12. The summed E-state index contributed by atoms with van der Waals surface area (Å²) >= 11 is 0. The van der Waals surface area contributed by atoms with Gasteiger partial charge in [0.25, 0.3) is 0 Å². The van der Waals surface area contributed by atoms with Gasteiger partial charge in [0.2, 0.25) is 5.88 Å². The number of benzene rings is 2. The van der Waals surface area contributed by atoms with Crippen molar-refractivity contribution in [1.29, 1.82) is 0 Å². The first-order chi connectivity index (χ1) is 14.0. The van der Waals surface area contributed by atoms with E-state index in [2.05, 4.69) is 60.7 Å². The van der Waals surface area contributed by atoms with Gasteiger partial charge in [-0.2, -0.15) is 0 Å². The zero-order valence-electron chi connectivity index (χ0n) is 17.1. The third kappa shape index (κ3) is 4.02. The van der Waals surface area contributed by atoms with E-state index in [4.69, 9.17) is 4.74 Å². The minimum absolute atomic E-state index is 0.221. The highest BCUT2D eigenvalue weighted by Gasteiger charge is 2.16. The van der Waals surface area contributed by atoms with E-state index in [0.717, 1.165) is 17.6 Å². The molecule has 0 atom stereocenters. The fourth-order valence-corrected chi connectivity index (χ4v) is 3.66. The van der Waals surface area contributed by atoms with Gasteiger partial charge in [0.15, 0.2) is 0 Å². The molecule has 0 aliphatic carbocycles. The van der Waals surface area contributed by atoms with Gasteiger partial charge in [0, 0.05) is 30.2 Å². The minimum Gasteiger partial charge on any atom is -0.476 e. The van der Waals surface area contributed by atoms with Crippen molar-refractivity contribution in [2.24, 2.45) is 0 Å². The van der Waals surface area contributed by atoms with Crippen LogP contribution in [0.4, 0.5) is 4.39 Å². The number of aromatic nitrogens is 2. The molecule has 29 heavy (non-hydrogen) atoms. The molecular weight excluding hydrogens is 363 g/mol. The average Bonchev–Trinajstić information content (AvgIpc) is 2.97. The van der Waals surface area contributed by atoms with Crippen LogP contribution in [0, 0.1) is 26.6 Å². The van der Waals surface area contributed by atoms with Crippen molar-refractivity contribution in [1.82, 2.24) is 9.55 Å². The maximum absolute atomic E-state index is 13.1. The van der Waals surface area contributed by atoms with Crippen LogP contribution >= 0.6 is 0 Å². The van der Waals surface area contributed by atoms with Crippen molar-refractivity contribution in [3.63, 3.8) is 0 Å². The van der Waals surface area contributed by atoms with E-state index in [0.29, 0.717) is 18.9 Å². The number of halogens is 1. The molecule has 0 fully saturated rings. The van der Waals surface area contributed by atoms with Crippen LogP contribution in [0.1, 0.15) is 27.9 Å². The molecule has 2 aromatic heterocycles. The minimum atomic E-state index is -0.221. The molecule has 3 nitrogen and oxygen atoms in total. The Labute approximate surface area is 170 Å². The Morgan fingerprint density at radius 1 is 0.897 bits per heavy atom. The van der Waals surface area contributed by atoms with Gasteiger partial charge >= 0.3 is 0 Å². The van der Waals surface area contributed by atoms with Crippen molar-refractivity contribution in [3.05, 3.63) is 94.6 Å². The molecule has 0 spiro atoms. The van der Waals surface area contributed by atoms with Gasteiger partial charge in [-0.25, -0.2) is 9.37 Å². The first-order valence-corrected chi connectivity index (χ1v) is 9.90. The summed E-state index contributed by atoms with van der Waals surface area (Å²) in [6, 6.07) is 17.2. The summed E-state index contributed by atoms with van der Waals surface area (Å²) in [5.74, 6) is 0.425. The first-order valence-electron chi connectivity index (χ1n) is 9.90. The fourth-order valence-electron chi connectivity index (χ4n) is 3.66. The number of aryl methyl sites for hydroxylation is 2. The Balaban J connectivity index is 1.62. The standard InChI is InChI=1S/C25H25FN2O/c1-17-4-6-21(7-5-17)16-28-19(3)18(2)23-12-14-27-25(24(23)28)29-15-13-20-8-10-22(26)11-9-20/h4-12,14H,13,15-16H2,1-3H3. The summed E-state index contributed by atoms with van der Waals surface area (Å²) in [4.78, 5) is 4.52. The highest BCUT2D eigenvalue weighted by molar-refractivity contribution is 5.89. The lowest BCUT2D eigenvalue weighted by Crippen LogP contribution is -2.07. The monoisotopic (exact) mass is 388 g/mol. The number of ether oxygens (including phenoxy) is 1. The molecule has 0 saturated carbocycles. The number of nitrogens with zero attached hydrogens (tertiary/aromatic N) is 2. The van der Waals surface area contributed by atoms with Crippen LogP contribution < -0.4 is 4.74 Å². The van der Waals surface area contributed by atoms with E-state index in [1.807, 2.05) is 0 Å². The van der Waals surface area contributed by atoms with Crippen LogP contribution in [0.15, 0.2) is 60.8 Å². The predicted octanol–water partition coefficient (Wildman–Crippen LogP) is 5.77. The molecule has 0 N–H and O–H groups in total. The number of pyridine rings is 1. The van der Waals surface area contributed by atoms with Crippen LogP contribution in [-0.2, 0) is 13.0 Å². The summed E-state index contributed by atoms with van der Waals surface area (Å²) in [6.45, 7) is 7.65. The quantitative estimate of drug-likeness (QED) is 0.419. The molecule has 0 bridgehead atoms. The topological polar surface area (TPSA) is 27.1 Å². The average molecular weight is 388 g/mol. The van der Waals surface area contributed by atoms with Crippen molar-refractivity contribution in [2.75, 3.05) is 6.61 Å². The maximum Gasteiger partial charge on any atom is 0.238 e. The largest absolute Gasteiger partial charge is 0.476 e. The second-order valence-corrected chi connectivity index (χ2v) is 7.52. The van der Waals surface area contributed by atoms with E-state index in [1.165, 1.54) is 39.9 Å². The third-order valence-corrected chi connectivity index (χ3v) is 5.52. The summed E-state index contributed by atoms with van der Waals surface area (Å²) < 4.78 is 21.5. The van der Waals surface area contributed by atoms with E-state index in [1.54, 1.807) is 18.3 Å². The summed E-state index contributed by atoms with van der Waals surface area (Å²) in [5, 5.41) is 1.17. The molecule has 0 aliphatic heterocycles. The smallest absolute Gasteiger partial charge is 0.238 e. The Bertz CT molecular complexity index is 1130. The second kappa shape index (κ2) is 8.08. The molecule has 2 aromatic carbocycles. The SMILES string of the molecule is Cc1ccc(Cn2c(C)c(C)c3ccnc(OCCc4ccc(F)cc4)c32)cc1. The predicted molar refractivity (Wildman–Crippen MR) is 115 cm³/mol. The zero-order valence-corrected chi connectivity index (χ0v) is 17.1. The second-order valence-electron chi connectivity index (χ2n) is 7.52. The van der Waals surface area contributed by atoms with E-state index < -0.39 is 0 Å². The molecule has 0 aliphatic rings. The normalized spacial score (nSPS) is 11.2. The zero-order chi connectivity index (χ0) is 20.4. The van der Waals surface area contributed by atoms with Gasteiger partial charge in [-0.3, -0.25) is 0 Å². The number of hydrogen-bond donors (Lipinski definition) is 0. The summed E-state index contributed by atoms with van der Waals surface area (Å²) in [6.07, 6.45) is 2.51. The molecular formula is C25H25FN2O. The number of rotatable bonds is 6. The van der Waals surface area contributed by atoms with Crippen molar-refractivity contribution in [3.8, 4) is 5.88 Å². The summed E-state index contributed by atoms with van der Waals surface area (Å²) in [5.41, 5.74) is 7.04. The Kier molecular flexibility index (Phi) is 5.34. The van der Waals surface area contributed by atoms with Crippen LogP contribution in [-0.4, -0.2) is 16.2 Å². The molecule has 4 rings (SSSR count). The fraction of sp³-hybridized carbons (Fsp3) is 0.240. The Morgan fingerprint density at radius 3 is 2.31 bits per heavy atom. The number of fused-ring (bicyclic) bond motifs is 1. The number of hydrogen-bond acceptors (Lipinski definition) is 2.